The minimum atomic E-state index is -0.804. The van der Waals surface area contributed by atoms with Gasteiger partial charge in [0.05, 0.1) is 22.1 Å². The van der Waals surface area contributed by atoms with Crippen molar-refractivity contribution in [3.05, 3.63) is 82.1 Å². The molecule has 0 spiro atoms. The van der Waals surface area contributed by atoms with Gasteiger partial charge in [-0.05, 0) is 37.1 Å². The molecule has 5 heterocycles. The van der Waals surface area contributed by atoms with Crippen LogP contribution >= 0.6 is 11.6 Å². The van der Waals surface area contributed by atoms with E-state index in [0.717, 1.165) is 18.2 Å². The number of aromatic amines is 1. The van der Waals surface area contributed by atoms with E-state index in [0.29, 0.717) is 40.1 Å². The first-order valence-corrected chi connectivity index (χ1v) is 10.6. The van der Waals surface area contributed by atoms with Gasteiger partial charge in [0, 0.05) is 18.9 Å². The van der Waals surface area contributed by atoms with Crippen LogP contribution in [-0.2, 0) is 0 Å². The molecule has 32 heavy (non-hydrogen) atoms. The van der Waals surface area contributed by atoms with Crippen molar-refractivity contribution in [1.82, 2.24) is 29.1 Å². The Bertz CT molecular complexity index is 1520. The molecular weight excluding hydrogens is 433 g/mol. The van der Waals surface area contributed by atoms with Gasteiger partial charge in [-0.1, -0.05) is 29.8 Å². The Kier molecular flexibility index (Phi) is 4.25. The third-order valence-electron chi connectivity index (χ3n) is 5.87. The van der Waals surface area contributed by atoms with Gasteiger partial charge in [-0.3, -0.25) is 9.36 Å². The zero-order valence-corrected chi connectivity index (χ0v) is 17.5. The van der Waals surface area contributed by atoms with Gasteiger partial charge >= 0.3 is 6.08 Å². The predicted octanol–water partition coefficient (Wildman–Crippen LogP) is 3.89. The van der Waals surface area contributed by atoms with Crippen LogP contribution in [0.2, 0.25) is 5.02 Å². The molecule has 5 aromatic rings. The van der Waals surface area contributed by atoms with Crippen molar-refractivity contribution in [2.24, 2.45) is 0 Å². The number of nitrogens with zero attached hydrogens (tertiary/aromatic N) is 6. The fourth-order valence-corrected chi connectivity index (χ4v) is 4.72. The molecule has 8 nitrogen and oxygen atoms in total. The molecule has 1 aliphatic heterocycles. The third kappa shape index (κ3) is 2.81. The quantitative estimate of drug-likeness (QED) is 0.422. The summed E-state index contributed by atoms with van der Waals surface area (Å²) in [6, 6.07) is 12.5. The summed E-state index contributed by atoms with van der Waals surface area (Å²) in [6.07, 6.45) is 4.15. The molecule has 0 saturated carbocycles. The van der Waals surface area contributed by atoms with Gasteiger partial charge in [0.1, 0.15) is 17.0 Å². The summed E-state index contributed by atoms with van der Waals surface area (Å²) in [5.41, 5.74) is 1.17. The van der Waals surface area contributed by atoms with E-state index < -0.39 is 6.08 Å². The number of hydrogen-bond donors (Lipinski definition) is 1. The summed E-state index contributed by atoms with van der Waals surface area (Å²) < 4.78 is 17.3. The van der Waals surface area contributed by atoms with Crippen molar-refractivity contribution in [2.75, 3.05) is 11.4 Å². The highest BCUT2D eigenvalue weighted by atomic mass is 35.5. The highest BCUT2D eigenvalue weighted by molar-refractivity contribution is 6.33. The molecule has 6 rings (SSSR count). The number of halogens is 2. The minimum absolute atomic E-state index is 0.260. The first kappa shape index (κ1) is 19.0. The van der Waals surface area contributed by atoms with Crippen molar-refractivity contribution in [3.63, 3.8) is 0 Å². The lowest BCUT2D eigenvalue weighted by atomic mass is 10.2. The summed E-state index contributed by atoms with van der Waals surface area (Å²) in [5.74, 6) is 1.02. The maximum absolute atomic E-state index is 14.2. The van der Waals surface area contributed by atoms with E-state index >= 15 is 0 Å². The third-order valence-corrected chi connectivity index (χ3v) is 6.17. The van der Waals surface area contributed by atoms with Crippen LogP contribution in [0.15, 0.2) is 59.7 Å². The second kappa shape index (κ2) is 7.16. The molecule has 1 atom stereocenters. The molecule has 0 aliphatic carbocycles. The highest BCUT2D eigenvalue weighted by Crippen LogP contribution is 2.37. The number of hydrogen-bond acceptors (Lipinski definition) is 5. The Morgan fingerprint density at radius 3 is 2.81 bits per heavy atom. The molecule has 1 fully saturated rings. The minimum Gasteiger partial charge on any atom is -0.346 e. The van der Waals surface area contributed by atoms with Crippen molar-refractivity contribution in [1.29, 1.82) is 0 Å². The summed E-state index contributed by atoms with van der Waals surface area (Å²) >= 11 is 6.30. The topological polar surface area (TPSA) is 84.1 Å². The first-order valence-electron chi connectivity index (χ1n) is 10.2. The largest absolute Gasteiger partial charge is 0.346 e. The molecule has 1 saturated heterocycles. The molecule has 0 bridgehead atoms. The van der Waals surface area contributed by atoms with Gasteiger partial charge in [-0.2, -0.15) is 19.5 Å². The molecule has 0 unspecified atom stereocenters. The fraction of sp³-hybridized carbons (Fsp3) is 0.182. The molecular formula is C22H17ClFN7O. The van der Waals surface area contributed by atoms with E-state index in [1.165, 1.54) is 4.52 Å². The lowest BCUT2D eigenvalue weighted by molar-refractivity contribution is 0.537. The van der Waals surface area contributed by atoms with E-state index in [1.807, 2.05) is 41.3 Å². The number of nitrogens with one attached hydrogen (secondary N) is 1. The predicted molar refractivity (Wildman–Crippen MR) is 119 cm³/mol. The van der Waals surface area contributed by atoms with Crippen LogP contribution in [0, 0.1) is 6.08 Å². The summed E-state index contributed by atoms with van der Waals surface area (Å²) in [5, 5.41) is 5.85. The van der Waals surface area contributed by atoms with Crippen LogP contribution < -0.4 is 10.5 Å². The molecule has 1 aliphatic rings. The smallest absolute Gasteiger partial charge is 0.312 e. The van der Waals surface area contributed by atoms with Crippen LogP contribution in [0.5, 0.6) is 0 Å². The van der Waals surface area contributed by atoms with Crippen LogP contribution in [0.1, 0.15) is 24.7 Å². The summed E-state index contributed by atoms with van der Waals surface area (Å²) in [6.45, 7) is 0.649. The summed E-state index contributed by atoms with van der Waals surface area (Å²) in [4.78, 5) is 26.5. The number of rotatable bonds is 3. The summed E-state index contributed by atoms with van der Waals surface area (Å²) in [7, 11) is 0. The number of benzene rings is 1. The van der Waals surface area contributed by atoms with Gasteiger partial charge < -0.3 is 9.88 Å². The second-order valence-electron chi connectivity index (χ2n) is 7.70. The van der Waals surface area contributed by atoms with E-state index in [4.69, 9.17) is 16.7 Å². The van der Waals surface area contributed by atoms with Crippen LogP contribution in [-0.4, -0.2) is 35.7 Å². The lowest BCUT2D eigenvalue weighted by Crippen LogP contribution is -2.33. The fourth-order valence-electron chi connectivity index (χ4n) is 4.50. The van der Waals surface area contributed by atoms with Gasteiger partial charge in [-0.25, -0.2) is 4.52 Å². The molecule has 0 amide bonds. The maximum Gasteiger partial charge on any atom is 0.312 e. The SMILES string of the molecule is O=c1c2c(Cl)ccn2nc([C@@H]2CCCN2c2nc(F)nc3[nH]ccc23)n1-c1ccccc1. The first-order chi connectivity index (χ1) is 15.6. The molecule has 160 valence electrons. The monoisotopic (exact) mass is 449 g/mol. The van der Waals surface area contributed by atoms with Crippen LogP contribution in [0.3, 0.4) is 0 Å². The Hall–Kier alpha value is -3.72. The van der Waals surface area contributed by atoms with E-state index in [2.05, 4.69) is 15.0 Å². The highest BCUT2D eigenvalue weighted by Gasteiger charge is 2.34. The Labute approximate surface area is 185 Å². The molecule has 0 radical (unpaired) electrons. The van der Waals surface area contributed by atoms with E-state index in [-0.39, 0.29) is 11.6 Å². The Balaban J connectivity index is 1.60. The lowest BCUT2D eigenvalue weighted by Gasteiger charge is -2.27. The maximum atomic E-state index is 14.2. The van der Waals surface area contributed by atoms with Crippen molar-refractivity contribution in [2.45, 2.75) is 18.9 Å². The average molecular weight is 450 g/mol. The number of aromatic nitrogens is 6. The van der Waals surface area contributed by atoms with Crippen LogP contribution in [0.4, 0.5) is 10.2 Å². The molecule has 4 aromatic heterocycles. The molecule has 1 aromatic carbocycles. The molecule has 10 heteroatoms. The number of H-pyrrole nitrogens is 1. The van der Waals surface area contributed by atoms with Crippen molar-refractivity contribution >= 4 is 34.0 Å². The van der Waals surface area contributed by atoms with Crippen molar-refractivity contribution in [3.8, 4) is 5.69 Å². The number of anilines is 1. The van der Waals surface area contributed by atoms with Gasteiger partial charge in [-0.15, -0.1) is 0 Å². The van der Waals surface area contributed by atoms with Gasteiger partial charge in [0.2, 0.25) is 0 Å². The normalized spacial score (nSPS) is 16.4. The van der Waals surface area contributed by atoms with E-state index in [9.17, 15) is 9.18 Å². The number of fused-ring (bicyclic) bond motifs is 2. The van der Waals surface area contributed by atoms with Crippen LogP contribution in [0.25, 0.3) is 22.2 Å². The van der Waals surface area contributed by atoms with Gasteiger partial charge in [0.15, 0.2) is 5.82 Å². The van der Waals surface area contributed by atoms with E-state index in [1.54, 1.807) is 23.0 Å². The molecule has 1 N–H and O–H groups in total. The average Bonchev–Trinajstić information content (AvgIpc) is 3.53. The van der Waals surface area contributed by atoms with Gasteiger partial charge in [0.25, 0.3) is 5.56 Å². The number of para-hydroxylation sites is 1. The zero-order valence-electron chi connectivity index (χ0n) is 16.7. The zero-order chi connectivity index (χ0) is 21.8. The van der Waals surface area contributed by atoms with Crippen molar-refractivity contribution < 1.29 is 4.39 Å². The Morgan fingerprint density at radius 1 is 1.12 bits per heavy atom. The second-order valence-corrected chi connectivity index (χ2v) is 8.11. The Morgan fingerprint density at radius 2 is 1.97 bits per heavy atom. The standard InChI is InChI=1S/C22H17ClFN7O/c23-15-9-12-30-17(15)21(32)31(13-5-2-1-3-6-13)20(28-30)16-7-4-11-29(16)19-14-8-10-25-18(14)26-22(24)27-19/h1-3,5-6,8-10,12,16H,4,7,11H2,(H,25,26,27)/t16-/m0/s1.